The molecule has 2 unspecified atom stereocenters. The van der Waals surface area contributed by atoms with Gasteiger partial charge in [-0.2, -0.15) is 9.97 Å². The van der Waals surface area contributed by atoms with Crippen molar-refractivity contribution in [1.82, 2.24) is 45.5 Å². The first kappa shape index (κ1) is 54.8. The molecule has 17 nitrogen and oxygen atoms in total. The van der Waals surface area contributed by atoms with Gasteiger partial charge in [0.1, 0.15) is 41.3 Å². The predicted octanol–water partition coefficient (Wildman–Crippen LogP) is 9.20. The molecular formula is C62H74FN11O6S. The number of hydrogen-bond donors (Lipinski definition) is 4. The summed E-state index contributed by atoms with van der Waals surface area (Å²) in [7, 11) is 0. The van der Waals surface area contributed by atoms with Crippen LogP contribution in [0.2, 0.25) is 0 Å². The molecule has 9 heterocycles. The Morgan fingerprint density at radius 2 is 1.69 bits per heavy atom. The number of halogens is 1. The van der Waals surface area contributed by atoms with Crippen molar-refractivity contribution < 1.29 is 33.5 Å². The number of piperidine rings is 1. The molecule has 0 saturated carbocycles. The smallest absolute Gasteiger partial charge is 0.319 e. The first-order valence-electron chi connectivity index (χ1n) is 29.2. The van der Waals surface area contributed by atoms with E-state index in [-0.39, 0.29) is 59.7 Å². The number of aliphatic hydroxyl groups is 1. The number of aromatic hydroxyl groups is 1. The van der Waals surface area contributed by atoms with E-state index in [1.54, 1.807) is 29.7 Å². The lowest BCUT2D eigenvalue weighted by Crippen LogP contribution is -2.51. The molecule has 426 valence electrons. The summed E-state index contributed by atoms with van der Waals surface area (Å²) in [6, 6.07) is 18.9. The monoisotopic (exact) mass is 1120 g/mol. The number of aliphatic hydroxyl groups excluding tert-OH is 1. The number of phenolic OH excluding ortho intramolecular Hbond substituents is 1. The highest BCUT2D eigenvalue weighted by atomic mass is 32.1. The van der Waals surface area contributed by atoms with E-state index < -0.39 is 23.9 Å². The highest BCUT2D eigenvalue weighted by Gasteiger charge is 2.44. The predicted molar refractivity (Wildman–Crippen MR) is 312 cm³/mol. The highest BCUT2D eigenvalue weighted by Crippen LogP contribution is 2.41. The molecule has 0 aliphatic carbocycles. The minimum absolute atomic E-state index is 0.0466. The molecule has 19 heteroatoms. The molecule has 0 radical (unpaired) electrons. The number of nitrogens with zero attached hydrogens (tertiary/aromatic N) is 9. The Bertz CT molecular complexity index is 3400. The van der Waals surface area contributed by atoms with Gasteiger partial charge >= 0.3 is 6.01 Å². The Balaban J connectivity index is 0.624. The third-order valence-electron chi connectivity index (χ3n) is 17.9. The van der Waals surface area contributed by atoms with Crippen LogP contribution in [0.15, 0.2) is 76.9 Å². The van der Waals surface area contributed by atoms with Crippen molar-refractivity contribution in [2.24, 2.45) is 17.8 Å². The van der Waals surface area contributed by atoms with Crippen molar-refractivity contribution in [2.75, 3.05) is 68.8 Å². The topological polar surface area (TPSA) is 198 Å². The number of benzene rings is 3. The number of rotatable bonds is 18. The van der Waals surface area contributed by atoms with Crippen molar-refractivity contribution in [3.63, 3.8) is 0 Å². The van der Waals surface area contributed by atoms with Crippen molar-refractivity contribution >= 4 is 56.5 Å². The van der Waals surface area contributed by atoms with Gasteiger partial charge in [-0.3, -0.25) is 19.5 Å². The first-order valence-corrected chi connectivity index (χ1v) is 30.1. The number of hydrogen-bond acceptors (Lipinski definition) is 16. The highest BCUT2D eigenvalue weighted by molar-refractivity contribution is 7.13. The van der Waals surface area contributed by atoms with Gasteiger partial charge in [-0.15, -0.1) is 11.3 Å². The van der Waals surface area contributed by atoms with Gasteiger partial charge in [0.2, 0.25) is 11.8 Å². The molecular weight excluding hydrogens is 1050 g/mol. The van der Waals surface area contributed by atoms with Crippen LogP contribution in [-0.4, -0.2) is 140 Å². The Morgan fingerprint density at radius 1 is 0.926 bits per heavy atom. The van der Waals surface area contributed by atoms with Crippen molar-refractivity contribution in [1.29, 1.82) is 0 Å². The summed E-state index contributed by atoms with van der Waals surface area (Å²) in [4.78, 5) is 56.5. The normalized spacial score (nSPS) is 21.6. The Morgan fingerprint density at radius 3 is 2.42 bits per heavy atom. The number of nitrogens with one attached hydrogen (secondary N) is 2. The number of phenols is 1. The summed E-state index contributed by atoms with van der Waals surface area (Å²) in [6.07, 6.45) is 8.47. The number of anilines is 2. The molecule has 4 N–H and O–H groups in total. The fourth-order valence-electron chi connectivity index (χ4n) is 13.3. The Kier molecular flexibility index (Phi) is 15.7. The quantitative estimate of drug-likeness (QED) is 0.0634. The standard InChI is InChI=1S/C62H74FN11O6S/c1-6-40-8-7-9-43-24-46(75)25-48(54(40)43)56-55(63)57-49(28-64-56)59(73-31-44-16-17-45(32-73)67-44)69-62(68-57)79-23-22-71-20-18-38(19-21-71)10-11-39-29-72(30-39)52-27-51(80-70-52)53(35(2)3)61(78)74-33-47(76)26-50(74)60(77)66-36(4)41-12-14-42(15-13-41)58-37(5)65-34-81-58/h7-9,12-15,24-25,27-28,34-36,38-39,44-45,47,50,53,67,75-76H,6,10-11,16-23,26,29-33H2,1-5H3,(H,66,77)/t36-,44?,45?,47+,50-,53+/m0/s1. The second-order valence-corrected chi connectivity index (χ2v) is 24.6. The minimum Gasteiger partial charge on any atom is -0.508 e. The zero-order valence-corrected chi connectivity index (χ0v) is 47.8. The van der Waals surface area contributed by atoms with Crippen molar-refractivity contribution in [2.45, 2.75) is 122 Å². The van der Waals surface area contributed by atoms with Gasteiger partial charge in [-0.25, -0.2) is 9.37 Å². The molecule has 5 fully saturated rings. The number of pyridine rings is 1. The van der Waals surface area contributed by atoms with E-state index >= 15 is 4.39 Å². The van der Waals surface area contributed by atoms with Gasteiger partial charge in [0.05, 0.1) is 33.6 Å². The van der Waals surface area contributed by atoms with Crippen LogP contribution in [0.25, 0.3) is 43.4 Å². The van der Waals surface area contributed by atoms with Crippen molar-refractivity contribution in [3.05, 3.63) is 101 Å². The van der Waals surface area contributed by atoms with E-state index in [0.29, 0.717) is 59.6 Å². The maximum Gasteiger partial charge on any atom is 0.319 e. The molecule has 12 rings (SSSR count). The average Bonchev–Trinajstić information content (AvgIpc) is 4.37. The summed E-state index contributed by atoms with van der Waals surface area (Å²) < 4.78 is 29.4. The van der Waals surface area contributed by atoms with Gasteiger partial charge < -0.3 is 44.8 Å². The van der Waals surface area contributed by atoms with Gasteiger partial charge in [-0.05, 0) is 129 Å². The molecule has 2 amide bonds. The number of aromatic nitrogens is 5. The largest absolute Gasteiger partial charge is 0.508 e. The lowest BCUT2D eigenvalue weighted by atomic mass is 9.86. The number of β-amino-alcohol motifs (C(OH)–C–C–N with tert-alkyl or cyclic N) is 1. The summed E-state index contributed by atoms with van der Waals surface area (Å²) in [5.74, 6) is 1.15. The van der Waals surface area contributed by atoms with E-state index in [2.05, 4.69) is 42.4 Å². The van der Waals surface area contributed by atoms with Crippen molar-refractivity contribution in [3.8, 4) is 33.5 Å². The summed E-state index contributed by atoms with van der Waals surface area (Å²) >= 11 is 1.60. The number of thiazole rings is 1. The number of aryl methyl sites for hydroxylation is 2. The molecule has 2 bridgehead atoms. The lowest BCUT2D eigenvalue weighted by molar-refractivity contribution is -0.141. The van der Waals surface area contributed by atoms with Gasteiger partial charge in [0, 0.05) is 75.6 Å². The molecule has 4 aromatic heterocycles. The van der Waals surface area contributed by atoms with E-state index in [1.807, 2.05) is 81.7 Å². The maximum atomic E-state index is 17.1. The van der Waals surface area contributed by atoms with Crippen LogP contribution in [-0.2, 0) is 16.0 Å². The van der Waals surface area contributed by atoms with Gasteiger partial charge in [0.15, 0.2) is 17.4 Å². The lowest BCUT2D eigenvalue weighted by Gasteiger charge is -2.40. The number of piperazine rings is 1. The Hall–Kier alpha value is -6.80. The summed E-state index contributed by atoms with van der Waals surface area (Å²) in [6.45, 7) is 16.3. The van der Waals surface area contributed by atoms with E-state index in [9.17, 15) is 19.8 Å². The molecule has 7 aromatic rings. The zero-order chi connectivity index (χ0) is 56.1. The molecule has 81 heavy (non-hydrogen) atoms. The van der Waals surface area contributed by atoms with Crippen LogP contribution in [0.4, 0.5) is 16.0 Å². The average molecular weight is 1120 g/mol. The maximum absolute atomic E-state index is 17.1. The number of carbonyl (C=O) groups excluding carboxylic acids is 2. The number of likely N-dealkylation sites (tertiary alicyclic amines) is 2. The van der Waals surface area contributed by atoms with Gasteiger partial charge in [0.25, 0.3) is 0 Å². The number of amides is 2. The van der Waals surface area contributed by atoms with Crippen LogP contribution < -0.4 is 25.2 Å². The van der Waals surface area contributed by atoms with E-state index in [0.717, 1.165) is 128 Å². The summed E-state index contributed by atoms with van der Waals surface area (Å²) in [5.41, 5.74) is 6.71. The number of fused-ring (bicyclic) bond motifs is 4. The van der Waals surface area contributed by atoms with Crippen LogP contribution in [0.5, 0.6) is 11.8 Å². The molecule has 5 saturated heterocycles. The molecule has 0 spiro atoms. The Labute approximate surface area is 476 Å². The second kappa shape index (κ2) is 23.2. The summed E-state index contributed by atoms with van der Waals surface area (Å²) in [5, 5.41) is 35.0. The second-order valence-electron chi connectivity index (χ2n) is 23.7. The first-order chi connectivity index (χ1) is 39.2. The third kappa shape index (κ3) is 11.3. The van der Waals surface area contributed by atoms with Gasteiger partial charge in [-0.1, -0.05) is 68.4 Å². The number of ether oxygens (including phenoxy) is 1. The minimum atomic E-state index is -0.812. The number of carbonyl (C=O) groups is 2. The fourth-order valence-corrected chi connectivity index (χ4v) is 14.1. The zero-order valence-electron chi connectivity index (χ0n) is 47.0. The van der Waals surface area contributed by atoms with Crippen LogP contribution in [0, 0.1) is 30.5 Å². The third-order valence-corrected chi connectivity index (χ3v) is 18.8. The van der Waals surface area contributed by atoms with Crippen LogP contribution in [0.1, 0.15) is 107 Å². The van der Waals surface area contributed by atoms with E-state index in [4.69, 9.17) is 24.2 Å². The molecule has 5 aliphatic rings. The van der Waals surface area contributed by atoms with Crippen LogP contribution >= 0.6 is 11.3 Å². The molecule has 3 aromatic carbocycles. The molecule has 5 aliphatic heterocycles. The van der Waals surface area contributed by atoms with E-state index in [1.165, 1.54) is 4.90 Å². The SMILES string of the molecule is CCc1cccc2cc(O)cc(-c3ncc4c(N5CC6CCC(C5)N6)nc(OCCN5CCC(CCC6CN(c7cc([C@H](C(=O)N8C[C@H](O)C[C@H]8C(=O)N[C@@H](C)c8ccc(-c9scnc9C)cc8)C(C)C)on7)C6)CC5)nc4c3F)c12. The molecule has 6 atom stereocenters. The van der Waals surface area contributed by atoms with Crippen LogP contribution in [0.3, 0.4) is 0 Å². The fraction of sp³-hybridized carbons (Fsp3) is 0.500.